The van der Waals surface area contributed by atoms with Crippen molar-refractivity contribution in [3.63, 3.8) is 0 Å². The minimum absolute atomic E-state index is 0.246. The molecule has 1 aromatic rings. The molecule has 1 aliphatic carbocycles. The molecule has 2 fully saturated rings. The van der Waals surface area contributed by atoms with Crippen molar-refractivity contribution in [1.29, 1.82) is 0 Å². The molecule has 1 saturated heterocycles. The number of nitrogens with one attached hydrogen (secondary N) is 1. The van der Waals surface area contributed by atoms with Gasteiger partial charge in [0.05, 0.1) is 18.6 Å². The summed E-state index contributed by atoms with van der Waals surface area (Å²) in [5.41, 5.74) is 1.47. The molecule has 31 heavy (non-hydrogen) atoms. The van der Waals surface area contributed by atoms with Crippen LogP contribution >= 0.6 is 22.6 Å². The van der Waals surface area contributed by atoms with E-state index in [1.165, 1.54) is 25.7 Å². The zero-order valence-corrected chi connectivity index (χ0v) is 21.2. The van der Waals surface area contributed by atoms with E-state index in [-0.39, 0.29) is 12.1 Å². The lowest BCUT2D eigenvalue weighted by Gasteiger charge is -2.41. The number of likely N-dealkylation sites (tertiary alicyclic amines) is 1. The fourth-order valence-electron chi connectivity index (χ4n) is 4.55. The fraction of sp³-hybridized carbons (Fsp3) is 0.667. The number of carbonyl (C=O) groups excluding carboxylic acids is 2. The Bertz CT molecular complexity index is 786. The molecule has 6 nitrogen and oxygen atoms in total. The monoisotopic (exact) mass is 542 g/mol. The third-order valence-corrected chi connectivity index (χ3v) is 6.79. The summed E-state index contributed by atoms with van der Waals surface area (Å²) in [6, 6.07) is 6.35. The maximum absolute atomic E-state index is 13.0. The van der Waals surface area contributed by atoms with Crippen molar-refractivity contribution in [2.24, 2.45) is 5.92 Å². The topological polar surface area (TPSA) is 67.9 Å². The molecule has 1 amide bonds. The summed E-state index contributed by atoms with van der Waals surface area (Å²) in [5.74, 6) is -0.644. The molecule has 1 aromatic carbocycles. The molecule has 0 radical (unpaired) electrons. The zero-order chi connectivity index (χ0) is 22.6. The van der Waals surface area contributed by atoms with E-state index in [1.807, 2.05) is 33.8 Å². The maximum atomic E-state index is 13.0. The Morgan fingerprint density at radius 3 is 2.48 bits per heavy atom. The number of hydrogen-bond acceptors (Lipinski definition) is 5. The summed E-state index contributed by atoms with van der Waals surface area (Å²) in [7, 11) is 0. The molecule has 1 heterocycles. The highest BCUT2D eigenvalue weighted by molar-refractivity contribution is 14.1. The average molecular weight is 542 g/mol. The van der Waals surface area contributed by atoms with Crippen molar-refractivity contribution in [3.8, 4) is 0 Å². The number of esters is 1. The van der Waals surface area contributed by atoms with E-state index in [1.54, 1.807) is 4.90 Å². The van der Waals surface area contributed by atoms with Crippen LogP contribution in [0.3, 0.4) is 0 Å². The van der Waals surface area contributed by atoms with E-state index in [4.69, 9.17) is 9.47 Å². The number of amides is 1. The average Bonchev–Trinajstić information content (AvgIpc) is 3.21. The quantitative estimate of drug-likeness (QED) is 0.371. The second-order valence-corrected chi connectivity index (χ2v) is 10.6. The highest BCUT2D eigenvalue weighted by Crippen LogP contribution is 2.39. The van der Waals surface area contributed by atoms with Crippen LogP contribution in [0.2, 0.25) is 0 Å². The van der Waals surface area contributed by atoms with E-state index in [0.29, 0.717) is 25.6 Å². The fourth-order valence-corrected chi connectivity index (χ4v) is 5.25. The van der Waals surface area contributed by atoms with Gasteiger partial charge in [-0.3, -0.25) is 4.79 Å². The first-order chi connectivity index (χ1) is 14.7. The second kappa shape index (κ2) is 10.4. The minimum Gasteiger partial charge on any atom is -0.466 e. The predicted molar refractivity (Wildman–Crippen MR) is 130 cm³/mol. The Labute approximate surface area is 199 Å². The van der Waals surface area contributed by atoms with Crippen molar-refractivity contribution < 1.29 is 19.1 Å². The van der Waals surface area contributed by atoms with Crippen molar-refractivity contribution in [3.05, 3.63) is 27.3 Å². The van der Waals surface area contributed by atoms with Crippen molar-refractivity contribution >= 4 is 40.3 Å². The van der Waals surface area contributed by atoms with Crippen LogP contribution in [0.4, 0.5) is 10.5 Å². The molecular formula is C24H35IN2O4. The number of hydrogen-bond donors (Lipinski definition) is 1. The molecule has 0 spiro atoms. The molecule has 3 rings (SSSR count). The van der Waals surface area contributed by atoms with Gasteiger partial charge in [0.2, 0.25) is 0 Å². The number of nitrogens with zero attached hydrogens (tertiary/aromatic N) is 1. The predicted octanol–water partition coefficient (Wildman–Crippen LogP) is 5.90. The Morgan fingerprint density at radius 1 is 1.16 bits per heavy atom. The van der Waals surface area contributed by atoms with E-state index in [9.17, 15) is 9.59 Å². The molecule has 1 saturated carbocycles. The van der Waals surface area contributed by atoms with Gasteiger partial charge in [0.1, 0.15) is 5.60 Å². The summed E-state index contributed by atoms with van der Waals surface area (Å²) in [4.78, 5) is 27.6. The third-order valence-electron chi connectivity index (χ3n) is 5.90. The van der Waals surface area contributed by atoms with E-state index in [0.717, 1.165) is 21.2 Å². The van der Waals surface area contributed by atoms with Gasteiger partial charge in [-0.05, 0) is 93.7 Å². The van der Waals surface area contributed by atoms with Gasteiger partial charge in [0.15, 0.2) is 0 Å². The smallest absolute Gasteiger partial charge is 0.410 e. The Hall–Kier alpha value is -1.51. The first kappa shape index (κ1) is 24.1. The zero-order valence-electron chi connectivity index (χ0n) is 19.1. The molecule has 0 aromatic heterocycles. The number of anilines is 1. The maximum Gasteiger partial charge on any atom is 0.410 e. The van der Waals surface area contributed by atoms with Crippen molar-refractivity contribution in [2.45, 2.75) is 83.9 Å². The molecule has 0 bridgehead atoms. The van der Waals surface area contributed by atoms with Crippen LogP contribution < -0.4 is 5.32 Å². The second-order valence-electron chi connectivity index (χ2n) is 9.48. The lowest BCUT2D eigenvalue weighted by atomic mass is 9.84. The van der Waals surface area contributed by atoms with Crippen LogP contribution in [0, 0.1) is 9.49 Å². The minimum atomic E-state index is -0.595. The molecule has 7 heteroatoms. The van der Waals surface area contributed by atoms with Crippen LogP contribution in [-0.4, -0.2) is 41.8 Å². The van der Waals surface area contributed by atoms with Crippen molar-refractivity contribution in [2.75, 3.05) is 18.5 Å². The third kappa shape index (κ3) is 6.26. The van der Waals surface area contributed by atoms with Crippen LogP contribution in [0.25, 0.3) is 0 Å². The van der Waals surface area contributed by atoms with E-state index < -0.39 is 17.6 Å². The van der Waals surface area contributed by atoms with Crippen LogP contribution in [0.15, 0.2) is 18.2 Å². The van der Waals surface area contributed by atoms with E-state index in [2.05, 4.69) is 40.0 Å². The van der Waals surface area contributed by atoms with Gasteiger partial charge in [0.25, 0.3) is 0 Å². The SMILES string of the molecule is CCOC(=O)[C@H]1CCCN(C(=O)OC(C)(C)C)[C@H]1c1ccc(NC2CCCC2)c(I)c1. The van der Waals surface area contributed by atoms with Gasteiger partial charge in [0, 0.05) is 21.8 Å². The largest absolute Gasteiger partial charge is 0.466 e. The lowest BCUT2D eigenvalue weighted by molar-refractivity contribution is -0.152. The highest BCUT2D eigenvalue weighted by Gasteiger charge is 2.42. The van der Waals surface area contributed by atoms with Crippen molar-refractivity contribution in [1.82, 2.24) is 4.90 Å². The Morgan fingerprint density at radius 2 is 1.87 bits per heavy atom. The summed E-state index contributed by atoms with van der Waals surface area (Å²) >= 11 is 2.34. The van der Waals surface area contributed by atoms with Gasteiger partial charge >= 0.3 is 12.1 Å². The van der Waals surface area contributed by atoms with Gasteiger partial charge in [-0.15, -0.1) is 0 Å². The first-order valence-electron chi connectivity index (χ1n) is 11.4. The number of piperidine rings is 1. The van der Waals surface area contributed by atoms with Gasteiger partial charge < -0.3 is 19.7 Å². The Kier molecular flexibility index (Phi) is 8.10. The molecule has 1 aliphatic heterocycles. The standard InChI is InChI=1S/C24H35IN2O4/c1-5-30-22(28)18-11-8-14-27(23(29)31-24(2,3)4)21(18)16-12-13-20(19(25)15-16)26-17-9-6-7-10-17/h12-13,15,17-18,21,26H,5-11,14H2,1-4H3/t18-,21-/m0/s1. The molecule has 0 unspecified atom stereocenters. The summed E-state index contributed by atoms with van der Waals surface area (Å²) in [6.45, 7) is 8.29. The number of rotatable bonds is 5. The van der Waals surface area contributed by atoms with Gasteiger partial charge in [-0.25, -0.2) is 4.79 Å². The number of benzene rings is 1. The molecular weight excluding hydrogens is 507 g/mol. The summed E-state index contributed by atoms with van der Waals surface area (Å²) in [6.07, 6.45) is 6.03. The molecule has 2 aliphatic rings. The van der Waals surface area contributed by atoms with Crippen LogP contribution in [0.1, 0.15) is 77.8 Å². The normalized spacial score (nSPS) is 22.3. The number of carbonyl (C=O) groups is 2. The molecule has 172 valence electrons. The molecule has 1 N–H and O–H groups in total. The van der Waals surface area contributed by atoms with Crippen LogP contribution in [0.5, 0.6) is 0 Å². The van der Waals surface area contributed by atoms with Gasteiger partial charge in [-0.2, -0.15) is 0 Å². The first-order valence-corrected chi connectivity index (χ1v) is 12.5. The highest BCUT2D eigenvalue weighted by atomic mass is 127. The van der Waals surface area contributed by atoms with Crippen LogP contribution in [-0.2, 0) is 14.3 Å². The molecule has 2 atom stereocenters. The summed E-state index contributed by atoms with van der Waals surface area (Å²) < 4.78 is 12.1. The summed E-state index contributed by atoms with van der Waals surface area (Å²) in [5, 5.41) is 3.65. The number of ether oxygens (including phenoxy) is 2. The van der Waals surface area contributed by atoms with Gasteiger partial charge in [-0.1, -0.05) is 18.9 Å². The number of halogens is 1. The lowest BCUT2D eigenvalue weighted by Crippen LogP contribution is -2.47. The Balaban J connectivity index is 1.90. The van der Waals surface area contributed by atoms with E-state index >= 15 is 0 Å².